The molecule has 1 fully saturated rings. The van der Waals surface area contributed by atoms with E-state index in [2.05, 4.69) is 56.6 Å². The van der Waals surface area contributed by atoms with Crippen molar-refractivity contribution in [2.24, 2.45) is 0 Å². The van der Waals surface area contributed by atoms with Crippen LogP contribution in [0.15, 0.2) is 48.5 Å². The summed E-state index contributed by atoms with van der Waals surface area (Å²) in [6.07, 6.45) is 0. The fourth-order valence-electron chi connectivity index (χ4n) is 3.59. The molecule has 1 saturated heterocycles. The number of anilines is 1. The predicted molar refractivity (Wildman–Crippen MR) is 112 cm³/mol. The van der Waals surface area contributed by atoms with Gasteiger partial charge in [-0.1, -0.05) is 42.5 Å². The first-order valence-electron chi connectivity index (χ1n) is 9.65. The molecule has 1 aliphatic rings. The van der Waals surface area contributed by atoms with E-state index < -0.39 is 0 Å². The molecule has 6 heteroatoms. The highest BCUT2D eigenvalue weighted by molar-refractivity contribution is 5.95. The molecule has 0 radical (unpaired) electrons. The van der Waals surface area contributed by atoms with Crippen LogP contribution < -0.4 is 5.32 Å². The molecule has 2 heterocycles. The number of nitrogens with one attached hydrogen (secondary N) is 1. The van der Waals surface area contributed by atoms with Crippen molar-refractivity contribution in [3.63, 3.8) is 0 Å². The molecule has 4 rings (SSSR count). The standard InChI is InChI=1S/C22H24N6/c1-27-11-13-28(14-12-27)10-9-24-22-18(16-23)15-21(25-26-22)20-8-4-6-17-5-2-3-7-19(17)20/h2-8,15H,9-14H2,1H3,(H,24,26). The summed E-state index contributed by atoms with van der Waals surface area (Å²) in [6.45, 7) is 6.04. The molecule has 2 aromatic carbocycles. The van der Waals surface area contributed by atoms with E-state index in [1.54, 1.807) is 0 Å². The SMILES string of the molecule is CN1CCN(CCNc2nnc(-c3cccc4ccccc34)cc2C#N)CC1. The van der Waals surface area contributed by atoms with Gasteiger partial charge in [-0.2, -0.15) is 5.26 Å². The van der Waals surface area contributed by atoms with Crippen LogP contribution in [-0.4, -0.2) is 66.3 Å². The number of nitriles is 1. The number of hydrogen-bond donors (Lipinski definition) is 1. The molecule has 0 bridgehead atoms. The van der Waals surface area contributed by atoms with E-state index in [0.29, 0.717) is 11.4 Å². The molecule has 6 nitrogen and oxygen atoms in total. The monoisotopic (exact) mass is 372 g/mol. The average molecular weight is 372 g/mol. The van der Waals surface area contributed by atoms with Crippen molar-refractivity contribution < 1.29 is 0 Å². The van der Waals surface area contributed by atoms with Gasteiger partial charge in [0.15, 0.2) is 5.82 Å². The summed E-state index contributed by atoms with van der Waals surface area (Å²) in [4.78, 5) is 4.77. The van der Waals surface area contributed by atoms with Crippen molar-refractivity contribution in [2.45, 2.75) is 0 Å². The first-order chi connectivity index (χ1) is 13.7. The first-order valence-corrected chi connectivity index (χ1v) is 9.65. The third-order valence-electron chi connectivity index (χ3n) is 5.30. The molecule has 1 aliphatic heterocycles. The second-order valence-corrected chi connectivity index (χ2v) is 7.20. The van der Waals surface area contributed by atoms with Crippen molar-refractivity contribution in [1.82, 2.24) is 20.0 Å². The Morgan fingerprint density at radius 2 is 1.82 bits per heavy atom. The molecular weight excluding hydrogens is 348 g/mol. The van der Waals surface area contributed by atoms with Crippen molar-refractivity contribution in [3.05, 3.63) is 54.1 Å². The van der Waals surface area contributed by atoms with Gasteiger partial charge in [-0.05, 0) is 23.9 Å². The number of piperazine rings is 1. The normalized spacial score (nSPS) is 15.4. The van der Waals surface area contributed by atoms with Gasteiger partial charge in [-0.3, -0.25) is 4.90 Å². The molecule has 3 aromatic rings. The summed E-state index contributed by atoms with van der Waals surface area (Å²) in [5.74, 6) is 0.556. The second kappa shape index (κ2) is 8.34. The minimum atomic E-state index is 0.524. The van der Waals surface area contributed by atoms with Crippen molar-refractivity contribution in [2.75, 3.05) is 51.6 Å². The summed E-state index contributed by atoms with van der Waals surface area (Å²) < 4.78 is 0. The van der Waals surface area contributed by atoms with Crippen LogP contribution >= 0.6 is 0 Å². The number of nitrogens with zero attached hydrogens (tertiary/aromatic N) is 5. The van der Waals surface area contributed by atoms with Crippen LogP contribution in [0.4, 0.5) is 5.82 Å². The fraction of sp³-hybridized carbons (Fsp3) is 0.318. The van der Waals surface area contributed by atoms with Gasteiger partial charge in [-0.25, -0.2) is 0 Å². The third kappa shape index (κ3) is 3.96. The Labute approximate surface area is 165 Å². The molecule has 0 unspecified atom stereocenters. The molecule has 1 aromatic heterocycles. The quantitative estimate of drug-likeness (QED) is 0.743. The zero-order chi connectivity index (χ0) is 19.3. The summed E-state index contributed by atoms with van der Waals surface area (Å²) in [6, 6.07) is 18.4. The molecule has 0 saturated carbocycles. The van der Waals surface area contributed by atoms with Crippen LogP contribution in [0, 0.1) is 11.3 Å². The highest BCUT2D eigenvalue weighted by atomic mass is 15.3. The van der Waals surface area contributed by atoms with E-state index in [1.165, 1.54) is 0 Å². The van der Waals surface area contributed by atoms with E-state index in [1.807, 2.05) is 30.3 Å². The van der Waals surface area contributed by atoms with E-state index in [4.69, 9.17) is 0 Å². The maximum atomic E-state index is 9.61. The smallest absolute Gasteiger partial charge is 0.166 e. The summed E-state index contributed by atoms with van der Waals surface area (Å²) in [5.41, 5.74) is 2.24. The van der Waals surface area contributed by atoms with Crippen molar-refractivity contribution >= 4 is 16.6 Å². The van der Waals surface area contributed by atoms with Gasteiger partial charge < -0.3 is 10.2 Å². The Kier molecular flexibility index (Phi) is 5.47. The van der Waals surface area contributed by atoms with Crippen molar-refractivity contribution in [1.29, 1.82) is 5.26 Å². The van der Waals surface area contributed by atoms with Crippen LogP contribution in [-0.2, 0) is 0 Å². The molecular formula is C22H24N6. The van der Waals surface area contributed by atoms with Crippen LogP contribution in [0.1, 0.15) is 5.56 Å². The van der Waals surface area contributed by atoms with Crippen molar-refractivity contribution in [3.8, 4) is 17.3 Å². The number of fused-ring (bicyclic) bond motifs is 1. The highest BCUT2D eigenvalue weighted by Crippen LogP contribution is 2.28. The zero-order valence-corrected chi connectivity index (χ0v) is 16.1. The Balaban J connectivity index is 1.49. The van der Waals surface area contributed by atoms with E-state index in [9.17, 15) is 5.26 Å². The third-order valence-corrected chi connectivity index (χ3v) is 5.30. The number of rotatable bonds is 5. The number of hydrogen-bond acceptors (Lipinski definition) is 6. The summed E-state index contributed by atoms with van der Waals surface area (Å²) in [7, 11) is 2.15. The maximum Gasteiger partial charge on any atom is 0.166 e. The number of aromatic nitrogens is 2. The first kappa shape index (κ1) is 18.4. The van der Waals surface area contributed by atoms with Gasteiger partial charge >= 0.3 is 0 Å². The molecule has 0 spiro atoms. The lowest BCUT2D eigenvalue weighted by molar-refractivity contribution is 0.158. The van der Waals surface area contributed by atoms with Crippen LogP contribution in [0.2, 0.25) is 0 Å². The van der Waals surface area contributed by atoms with Gasteiger partial charge in [0.05, 0.1) is 11.3 Å². The lowest BCUT2D eigenvalue weighted by Crippen LogP contribution is -2.45. The number of benzene rings is 2. The van der Waals surface area contributed by atoms with Gasteiger partial charge in [-0.15, -0.1) is 10.2 Å². The second-order valence-electron chi connectivity index (χ2n) is 7.20. The molecule has 0 amide bonds. The summed E-state index contributed by atoms with van der Waals surface area (Å²) >= 11 is 0. The van der Waals surface area contributed by atoms with E-state index >= 15 is 0 Å². The predicted octanol–water partition coefficient (Wildman–Crippen LogP) is 2.83. The van der Waals surface area contributed by atoms with Gasteiger partial charge in [0, 0.05) is 44.8 Å². The minimum absolute atomic E-state index is 0.524. The topological polar surface area (TPSA) is 68.1 Å². The Morgan fingerprint density at radius 1 is 1.04 bits per heavy atom. The van der Waals surface area contributed by atoms with E-state index in [-0.39, 0.29) is 0 Å². The van der Waals surface area contributed by atoms with Gasteiger partial charge in [0.2, 0.25) is 0 Å². The molecule has 0 aliphatic carbocycles. The highest BCUT2D eigenvalue weighted by Gasteiger charge is 2.14. The van der Waals surface area contributed by atoms with Gasteiger partial charge in [0.1, 0.15) is 6.07 Å². The van der Waals surface area contributed by atoms with E-state index in [0.717, 1.165) is 61.3 Å². The van der Waals surface area contributed by atoms with Gasteiger partial charge in [0.25, 0.3) is 0 Å². The Hall–Kier alpha value is -3.01. The fourth-order valence-corrected chi connectivity index (χ4v) is 3.59. The Bertz CT molecular complexity index is 996. The average Bonchev–Trinajstić information content (AvgIpc) is 2.75. The number of likely N-dealkylation sites (N-methyl/N-ethyl adjacent to an activating group) is 1. The molecule has 142 valence electrons. The molecule has 0 atom stereocenters. The van der Waals surface area contributed by atoms with Crippen LogP contribution in [0.3, 0.4) is 0 Å². The Morgan fingerprint density at radius 3 is 2.64 bits per heavy atom. The molecule has 28 heavy (non-hydrogen) atoms. The lowest BCUT2D eigenvalue weighted by Gasteiger charge is -2.32. The van der Waals surface area contributed by atoms with Crippen LogP contribution in [0.5, 0.6) is 0 Å². The summed E-state index contributed by atoms with van der Waals surface area (Å²) in [5, 5.41) is 23.9. The maximum absolute atomic E-state index is 9.61. The molecule has 1 N–H and O–H groups in total. The minimum Gasteiger partial charge on any atom is -0.366 e. The zero-order valence-electron chi connectivity index (χ0n) is 16.1. The largest absolute Gasteiger partial charge is 0.366 e. The van der Waals surface area contributed by atoms with Crippen LogP contribution in [0.25, 0.3) is 22.0 Å². The lowest BCUT2D eigenvalue weighted by atomic mass is 10.0.